The average molecular weight is 338 g/mol. The summed E-state index contributed by atoms with van der Waals surface area (Å²) in [6.07, 6.45) is 9.57. The van der Waals surface area contributed by atoms with Crippen LogP contribution in [0.25, 0.3) is 11.0 Å². The van der Waals surface area contributed by atoms with Gasteiger partial charge in [0, 0.05) is 12.5 Å². The molecular weight excluding hydrogens is 316 g/mol. The van der Waals surface area contributed by atoms with E-state index in [1.807, 2.05) is 6.07 Å². The van der Waals surface area contributed by atoms with Gasteiger partial charge in [0.25, 0.3) is 0 Å². The molecule has 3 aromatic heterocycles. The molecule has 3 aromatic rings. The van der Waals surface area contributed by atoms with E-state index in [-0.39, 0.29) is 0 Å². The molecule has 8 nitrogen and oxygen atoms in total. The van der Waals surface area contributed by atoms with Gasteiger partial charge >= 0.3 is 0 Å². The summed E-state index contributed by atoms with van der Waals surface area (Å²) in [4.78, 5) is 20.7. The maximum atomic E-state index is 5.54. The Bertz CT molecular complexity index is 835. The van der Waals surface area contributed by atoms with Crippen LogP contribution in [0.5, 0.6) is 0 Å². The molecular formula is C17H22N8. The lowest BCUT2D eigenvalue weighted by Crippen LogP contribution is -2.27. The largest absolute Gasteiger partial charge is 0.382 e. The topological polar surface area (TPSA) is 117 Å². The van der Waals surface area contributed by atoms with Gasteiger partial charge in [-0.25, -0.2) is 19.9 Å². The van der Waals surface area contributed by atoms with Gasteiger partial charge in [-0.3, -0.25) is 0 Å². The molecule has 130 valence electrons. The zero-order valence-corrected chi connectivity index (χ0v) is 14.0. The van der Waals surface area contributed by atoms with Crippen molar-refractivity contribution in [3.05, 3.63) is 30.5 Å². The van der Waals surface area contributed by atoms with E-state index >= 15 is 0 Å². The molecule has 0 radical (unpaired) electrons. The first kappa shape index (κ1) is 15.8. The molecule has 0 saturated carbocycles. The van der Waals surface area contributed by atoms with E-state index in [0.29, 0.717) is 17.5 Å². The smallest absolute Gasteiger partial charge is 0.150 e. The molecule has 8 heteroatoms. The standard InChI is InChI=1S/C17H22N8/c18-14-9-22-17(10-20-14)25-16-7-12-13(8-21-16)24-15(23-12)2-1-11-3-5-19-6-4-11/h7-11,19H,1-6H2,(H2,18,20)(H,23,24)(H,21,22,25). The summed E-state index contributed by atoms with van der Waals surface area (Å²) < 4.78 is 0. The number of piperidine rings is 1. The van der Waals surface area contributed by atoms with Crippen molar-refractivity contribution in [2.45, 2.75) is 25.7 Å². The van der Waals surface area contributed by atoms with Gasteiger partial charge in [-0.05, 0) is 38.3 Å². The van der Waals surface area contributed by atoms with Crippen molar-refractivity contribution in [3.63, 3.8) is 0 Å². The Balaban J connectivity index is 1.44. The van der Waals surface area contributed by atoms with E-state index in [1.54, 1.807) is 12.4 Å². The summed E-state index contributed by atoms with van der Waals surface area (Å²) in [5.41, 5.74) is 7.40. The van der Waals surface area contributed by atoms with E-state index in [9.17, 15) is 0 Å². The third kappa shape index (κ3) is 3.85. The van der Waals surface area contributed by atoms with E-state index in [4.69, 9.17) is 10.7 Å². The molecule has 0 bridgehead atoms. The number of hydrogen-bond donors (Lipinski definition) is 4. The highest BCUT2D eigenvalue weighted by Crippen LogP contribution is 2.21. The third-order valence-electron chi connectivity index (χ3n) is 4.59. The Kier molecular flexibility index (Phi) is 4.43. The van der Waals surface area contributed by atoms with Crippen molar-refractivity contribution in [2.75, 3.05) is 24.1 Å². The number of hydrogen-bond acceptors (Lipinski definition) is 7. The minimum atomic E-state index is 0.389. The molecule has 0 spiro atoms. The van der Waals surface area contributed by atoms with E-state index in [2.05, 4.69) is 30.6 Å². The van der Waals surface area contributed by atoms with Crippen molar-refractivity contribution >= 4 is 28.5 Å². The third-order valence-corrected chi connectivity index (χ3v) is 4.59. The Labute approximate surface area is 145 Å². The number of aromatic amines is 1. The van der Waals surface area contributed by atoms with Crippen LogP contribution < -0.4 is 16.4 Å². The molecule has 0 aliphatic carbocycles. The Hall–Kier alpha value is -2.74. The number of aromatic nitrogens is 5. The fourth-order valence-corrected chi connectivity index (χ4v) is 3.19. The highest BCUT2D eigenvalue weighted by molar-refractivity contribution is 5.77. The first-order valence-electron chi connectivity index (χ1n) is 8.66. The Morgan fingerprint density at radius 3 is 2.72 bits per heavy atom. The zero-order valence-electron chi connectivity index (χ0n) is 14.0. The second kappa shape index (κ2) is 7.02. The lowest BCUT2D eigenvalue weighted by molar-refractivity contribution is 0.352. The minimum absolute atomic E-state index is 0.389. The number of anilines is 3. The highest BCUT2D eigenvalue weighted by Gasteiger charge is 2.14. The van der Waals surface area contributed by atoms with Gasteiger partial charge < -0.3 is 21.4 Å². The van der Waals surface area contributed by atoms with Gasteiger partial charge in [0.1, 0.15) is 23.3 Å². The zero-order chi connectivity index (χ0) is 17.1. The number of H-pyrrole nitrogens is 1. The van der Waals surface area contributed by atoms with Crippen LogP contribution in [0.2, 0.25) is 0 Å². The molecule has 1 aliphatic rings. The second-order valence-electron chi connectivity index (χ2n) is 6.45. The number of nitrogens with zero attached hydrogens (tertiary/aromatic N) is 4. The molecule has 0 atom stereocenters. The molecule has 0 aromatic carbocycles. The van der Waals surface area contributed by atoms with Crippen molar-refractivity contribution < 1.29 is 0 Å². The molecule has 0 amide bonds. The number of nitrogens with one attached hydrogen (secondary N) is 3. The molecule has 4 rings (SSSR count). The van der Waals surface area contributed by atoms with Crippen LogP contribution in [0, 0.1) is 5.92 Å². The lowest BCUT2D eigenvalue weighted by atomic mass is 9.93. The van der Waals surface area contributed by atoms with Crippen LogP contribution in [0.15, 0.2) is 24.7 Å². The van der Waals surface area contributed by atoms with Gasteiger partial charge in [-0.15, -0.1) is 0 Å². The summed E-state index contributed by atoms with van der Waals surface area (Å²) >= 11 is 0. The van der Waals surface area contributed by atoms with Gasteiger partial charge in [0.15, 0.2) is 0 Å². The van der Waals surface area contributed by atoms with Gasteiger partial charge in [0.2, 0.25) is 0 Å². The molecule has 1 saturated heterocycles. The average Bonchev–Trinajstić information content (AvgIpc) is 3.05. The molecule has 4 heterocycles. The number of pyridine rings is 1. The molecule has 5 N–H and O–H groups in total. The molecule has 1 aliphatic heterocycles. The number of nitrogens with two attached hydrogens (primary N) is 1. The predicted octanol–water partition coefficient (Wildman–Crippen LogP) is 2.01. The maximum Gasteiger partial charge on any atom is 0.150 e. The fraction of sp³-hybridized carbons (Fsp3) is 0.412. The second-order valence-corrected chi connectivity index (χ2v) is 6.45. The molecule has 25 heavy (non-hydrogen) atoms. The first-order chi connectivity index (χ1) is 12.3. The molecule has 1 fully saturated rings. The van der Waals surface area contributed by atoms with Crippen molar-refractivity contribution in [1.29, 1.82) is 0 Å². The monoisotopic (exact) mass is 338 g/mol. The normalized spacial score (nSPS) is 15.5. The fourth-order valence-electron chi connectivity index (χ4n) is 3.19. The van der Waals surface area contributed by atoms with Crippen LogP contribution in [0.1, 0.15) is 25.1 Å². The van der Waals surface area contributed by atoms with Gasteiger partial charge in [-0.2, -0.15) is 0 Å². The van der Waals surface area contributed by atoms with E-state index in [1.165, 1.54) is 25.5 Å². The maximum absolute atomic E-state index is 5.54. The highest BCUT2D eigenvalue weighted by atomic mass is 15.1. The summed E-state index contributed by atoms with van der Waals surface area (Å²) in [6.45, 7) is 2.27. The van der Waals surface area contributed by atoms with E-state index < -0.39 is 0 Å². The van der Waals surface area contributed by atoms with Crippen molar-refractivity contribution in [2.24, 2.45) is 5.92 Å². The summed E-state index contributed by atoms with van der Waals surface area (Å²) in [6, 6.07) is 1.91. The SMILES string of the molecule is Nc1cnc(Nc2cc3nc(CCC4CCNCC4)[nH]c3cn2)cn1. The number of imidazole rings is 1. The van der Waals surface area contributed by atoms with Crippen LogP contribution in [-0.2, 0) is 6.42 Å². The Morgan fingerprint density at radius 2 is 1.92 bits per heavy atom. The summed E-state index contributed by atoms with van der Waals surface area (Å²) in [7, 11) is 0. The van der Waals surface area contributed by atoms with Crippen LogP contribution in [0.3, 0.4) is 0 Å². The van der Waals surface area contributed by atoms with Crippen LogP contribution in [0.4, 0.5) is 17.5 Å². The number of aryl methyl sites for hydroxylation is 1. The minimum Gasteiger partial charge on any atom is -0.382 e. The summed E-state index contributed by atoms with van der Waals surface area (Å²) in [5.74, 6) is 3.50. The number of nitrogen functional groups attached to an aromatic ring is 1. The summed E-state index contributed by atoms with van der Waals surface area (Å²) in [5, 5.41) is 6.52. The number of fused-ring (bicyclic) bond motifs is 1. The van der Waals surface area contributed by atoms with Crippen LogP contribution >= 0.6 is 0 Å². The van der Waals surface area contributed by atoms with E-state index in [0.717, 1.165) is 42.3 Å². The van der Waals surface area contributed by atoms with Gasteiger partial charge in [-0.1, -0.05) is 0 Å². The predicted molar refractivity (Wildman–Crippen MR) is 97.5 cm³/mol. The van der Waals surface area contributed by atoms with Crippen LogP contribution in [-0.4, -0.2) is 38.0 Å². The Morgan fingerprint density at radius 1 is 1.08 bits per heavy atom. The van der Waals surface area contributed by atoms with Crippen molar-refractivity contribution in [1.82, 2.24) is 30.2 Å². The number of rotatable bonds is 5. The lowest BCUT2D eigenvalue weighted by Gasteiger charge is -2.21. The first-order valence-corrected chi connectivity index (χ1v) is 8.66. The molecule has 0 unspecified atom stereocenters. The van der Waals surface area contributed by atoms with Crippen molar-refractivity contribution in [3.8, 4) is 0 Å². The quantitative estimate of drug-likeness (QED) is 0.562. The van der Waals surface area contributed by atoms with Gasteiger partial charge in [0.05, 0.1) is 29.6 Å².